The highest BCUT2D eigenvalue weighted by molar-refractivity contribution is 14.1. The molecule has 0 fully saturated rings. The number of hydrogen-bond donors (Lipinski definition) is 0. The Hall–Kier alpha value is -0.960. The van der Waals surface area contributed by atoms with Gasteiger partial charge in [0.15, 0.2) is 11.5 Å². The summed E-state index contributed by atoms with van der Waals surface area (Å²) >= 11 is 2.24. The maximum Gasteiger partial charge on any atom is 0.161 e. The van der Waals surface area contributed by atoms with E-state index in [4.69, 9.17) is 14.7 Å². The van der Waals surface area contributed by atoms with Crippen molar-refractivity contribution in [1.29, 1.82) is 5.26 Å². The third kappa shape index (κ3) is 2.99. The molecule has 0 saturated carbocycles. The molecule has 0 aliphatic carbocycles. The summed E-state index contributed by atoms with van der Waals surface area (Å²) in [6.07, 6.45) is 1.26. The average molecular weight is 317 g/mol. The molecule has 0 amide bonds. The zero-order chi connectivity index (χ0) is 11.3. The lowest BCUT2D eigenvalue weighted by Gasteiger charge is -2.10. The number of aryl methyl sites for hydroxylation is 1. The second kappa shape index (κ2) is 5.81. The number of nitriles is 1. The Morgan fingerprint density at radius 3 is 2.40 bits per heavy atom. The number of methoxy groups -OCH3 is 2. The van der Waals surface area contributed by atoms with Gasteiger partial charge < -0.3 is 9.47 Å². The first kappa shape index (κ1) is 12.1. The normalized spacial score (nSPS) is 9.47. The molecule has 0 heterocycles. The summed E-state index contributed by atoms with van der Waals surface area (Å²) in [5.41, 5.74) is 1.12. The van der Waals surface area contributed by atoms with E-state index in [1.54, 1.807) is 14.2 Å². The van der Waals surface area contributed by atoms with Crippen molar-refractivity contribution in [3.63, 3.8) is 0 Å². The lowest BCUT2D eigenvalue weighted by atomic mass is 10.1. The van der Waals surface area contributed by atoms with Gasteiger partial charge in [0.1, 0.15) is 0 Å². The molecule has 0 saturated heterocycles. The van der Waals surface area contributed by atoms with Crippen LogP contribution in [0.25, 0.3) is 0 Å². The molecular formula is C11H12INO2. The highest BCUT2D eigenvalue weighted by atomic mass is 127. The van der Waals surface area contributed by atoms with Crippen molar-refractivity contribution in [3.05, 3.63) is 21.3 Å². The second-order valence-electron chi connectivity index (χ2n) is 2.96. The Bertz CT molecular complexity index is 385. The maximum absolute atomic E-state index is 8.54. The van der Waals surface area contributed by atoms with Crippen molar-refractivity contribution >= 4 is 22.6 Å². The molecule has 0 atom stereocenters. The van der Waals surface area contributed by atoms with Crippen molar-refractivity contribution < 1.29 is 9.47 Å². The predicted octanol–water partition coefficient (Wildman–Crippen LogP) is 2.76. The van der Waals surface area contributed by atoms with Gasteiger partial charge in [-0.3, -0.25) is 0 Å². The molecule has 0 radical (unpaired) electrons. The van der Waals surface area contributed by atoms with Crippen molar-refractivity contribution in [2.45, 2.75) is 12.8 Å². The van der Waals surface area contributed by atoms with Crippen LogP contribution in [0.15, 0.2) is 12.1 Å². The van der Waals surface area contributed by atoms with Crippen LogP contribution in [0, 0.1) is 14.9 Å². The van der Waals surface area contributed by atoms with Gasteiger partial charge in [0.2, 0.25) is 0 Å². The van der Waals surface area contributed by atoms with Crippen LogP contribution in [-0.4, -0.2) is 14.2 Å². The van der Waals surface area contributed by atoms with E-state index in [-0.39, 0.29) is 0 Å². The van der Waals surface area contributed by atoms with Crippen LogP contribution in [-0.2, 0) is 6.42 Å². The Labute approximate surface area is 103 Å². The zero-order valence-electron chi connectivity index (χ0n) is 8.71. The SMILES string of the molecule is COc1cc(I)c(CCC#N)cc1OC. The average Bonchev–Trinajstić information content (AvgIpc) is 2.27. The van der Waals surface area contributed by atoms with Crippen molar-refractivity contribution in [3.8, 4) is 17.6 Å². The molecule has 80 valence electrons. The first-order valence-corrected chi connectivity index (χ1v) is 5.58. The quantitative estimate of drug-likeness (QED) is 0.802. The van der Waals surface area contributed by atoms with E-state index >= 15 is 0 Å². The van der Waals surface area contributed by atoms with Gasteiger partial charge in [0.25, 0.3) is 0 Å². The molecule has 0 spiro atoms. The number of nitrogens with zero attached hydrogens (tertiary/aromatic N) is 1. The molecular weight excluding hydrogens is 305 g/mol. The van der Waals surface area contributed by atoms with E-state index in [0.717, 1.165) is 21.3 Å². The minimum absolute atomic E-state index is 0.519. The Morgan fingerprint density at radius 1 is 1.27 bits per heavy atom. The lowest BCUT2D eigenvalue weighted by molar-refractivity contribution is 0.354. The van der Waals surface area contributed by atoms with E-state index in [0.29, 0.717) is 12.2 Å². The van der Waals surface area contributed by atoms with Crippen molar-refractivity contribution in [1.82, 2.24) is 0 Å². The standard InChI is InChI=1S/C11H12INO2/c1-14-10-6-8(4-3-5-13)9(12)7-11(10)15-2/h6-7H,3-4H2,1-2H3. The Kier molecular flexibility index (Phi) is 4.69. The summed E-state index contributed by atoms with van der Waals surface area (Å²) in [7, 11) is 3.22. The van der Waals surface area contributed by atoms with Crippen LogP contribution >= 0.6 is 22.6 Å². The second-order valence-corrected chi connectivity index (χ2v) is 4.12. The van der Waals surface area contributed by atoms with E-state index < -0.39 is 0 Å². The molecule has 1 aromatic carbocycles. The van der Waals surface area contributed by atoms with E-state index in [9.17, 15) is 0 Å². The number of halogens is 1. The van der Waals surface area contributed by atoms with E-state index in [2.05, 4.69) is 28.7 Å². The molecule has 0 aliphatic rings. The molecule has 1 rings (SSSR count). The minimum Gasteiger partial charge on any atom is -0.493 e. The summed E-state index contributed by atoms with van der Waals surface area (Å²) in [4.78, 5) is 0. The summed E-state index contributed by atoms with van der Waals surface area (Å²) in [5.74, 6) is 1.44. The number of benzene rings is 1. The van der Waals surface area contributed by atoms with Gasteiger partial charge in [0, 0.05) is 9.99 Å². The zero-order valence-corrected chi connectivity index (χ0v) is 10.9. The Balaban J connectivity index is 3.03. The fourth-order valence-electron chi connectivity index (χ4n) is 1.28. The smallest absolute Gasteiger partial charge is 0.161 e. The maximum atomic E-state index is 8.54. The van der Waals surface area contributed by atoms with Crippen LogP contribution < -0.4 is 9.47 Å². The first-order valence-electron chi connectivity index (χ1n) is 4.50. The highest BCUT2D eigenvalue weighted by Crippen LogP contribution is 2.31. The van der Waals surface area contributed by atoms with Gasteiger partial charge in [-0.2, -0.15) is 5.26 Å². The van der Waals surface area contributed by atoms with Gasteiger partial charge in [-0.25, -0.2) is 0 Å². The molecule has 0 aromatic heterocycles. The molecule has 1 aromatic rings. The molecule has 0 unspecified atom stereocenters. The van der Waals surface area contributed by atoms with Crippen molar-refractivity contribution in [2.75, 3.05) is 14.2 Å². The highest BCUT2D eigenvalue weighted by Gasteiger charge is 2.08. The van der Waals surface area contributed by atoms with Crippen LogP contribution in [0.2, 0.25) is 0 Å². The third-order valence-corrected chi connectivity index (χ3v) is 3.06. The number of rotatable bonds is 4. The molecule has 15 heavy (non-hydrogen) atoms. The topological polar surface area (TPSA) is 42.2 Å². The predicted molar refractivity (Wildman–Crippen MR) is 66.2 cm³/mol. The van der Waals surface area contributed by atoms with Crippen LogP contribution in [0.3, 0.4) is 0 Å². The van der Waals surface area contributed by atoms with Gasteiger partial charge in [-0.15, -0.1) is 0 Å². The van der Waals surface area contributed by atoms with Crippen LogP contribution in [0.4, 0.5) is 0 Å². The van der Waals surface area contributed by atoms with Gasteiger partial charge in [-0.1, -0.05) is 0 Å². The molecule has 0 bridgehead atoms. The largest absolute Gasteiger partial charge is 0.493 e. The molecule has 0 N–H and O–H groups in total. The van der Waals surface area contributed by atoms with E-state index in [1.807, 2.05) is 12.1 Å². The monoisotopic (exact) mass is 317 g/mol. The fourth-order valence-corrected chi connectivity index (χ4v) is 1.99. The number of hydrogen-bond acceptors (Lipinski definition) is 3. The van der Waals surface area contributed by atoms with Crippen LogP contribution in [0.1, 0.15) is 12.0 Å². The first-order chi connectivity index (χ1) is 7.22. The van der Waals surface area contributed by atoms with E-state index in [1.165, 1.54) is 0 Å². The summed E-state index contributed by atoms with van der Waals surface area (Å²) in [6.45, 7) is 0. The van der Waals surface area contributed by atoms with Gasteiger partial charge in [-0.05, 0) is 46.7 Å². The molecule has 4 heteroatoms. The summed E-state index contributed by atoms with van der Waals surface area (Å²) in [6, 6.07) is 5.99. The summed E-state index contributed by atoms with van der Waals surface area (Å²) < 4.78 is 11.5. The number of ether oxygens (including phenoxy) is 2. The fraction of sp³-hybridized carbons (Fsp3) is 0.364. The van der Waals surface area contributed by atoms with Crippen LogP contribution in [0.5, 0.6) is 11.5 Å². The Morgan fingerprint density at radius 2 is 1.87 bits per heavy atom. The minimum atomic E-state index is 0.519. The van der Waals surface area contributed by atoms with Gasteiger partial charge in [0.05, 0.1) is 20.3 Å². The summed E-state index contributed by atoms with van der Waals surface area (Å²) in [5, 5.41) is 8.54. The third-order valence-electron chi connectivity index (χ3n) is 2.06. The molecule has 3 nitrogen and oxygen atoms in total. The molecule has 0 aliphatic heterocycles. The van der Waals surface area contributed by atoms with Crippen molar-refractivity contribution in [2.24, 2.45) is 0 Å². The lowest BCUT2D eigenvalue weighted by Crippen LogP contribution is -1.95. The van der Waals surface area contributed by atoms with Gasteiger partial charge >= 0.3 is 0 Å².